The van der Waals surface area contributed by atoms with Gasteiger partial charge in [0.25, 0.3) is 0 Å². The maximum absolute atomic E-state index is 4.59. The summed E-state index contributed by atoms with van der Waals surface area (Å²) in [5, 5.41) is 0. The molecule has 0 amide bonds. The van der Waals surface area contributed by atoms with E-state index in [9.17, 15) is 0 Å². The van der Waals surface area contributed by atoms with E-state index < -0.39 is 0 Å². The van der Waals surface area contributed by atoms with Crippen LogP contribution in [0, 0.1) is 6.08 Å². The number of allylic oxidation sites excluding steroid dienone is 2. The average molecular weight is 86.2 g/mol. The summed E-state index contributed by atoms with van der Waals surface area (Å²) in [4.78, 5) is 0.838. The van der Waals surface area contributed by atoms with Crippen LogP contribution in [0.4, 0.5) is 0 Å². The van der Waals surface area contributed by atoms with Gasteiger partial charge in [-0.25, -0.2) is 0 Å². The Bertz CT molecular complexity index is 41.6. The van der Waals surface area contributed by atoms with Crippen molar-refractivity contribution in [2.45, 2.75) is 13.8 Å². The molecule has 0 N–H and O–H groups in total. The Morgan fingerprint density at radius 2 is 2.00 bits per heavy atom. The van der Waals surface area contributed by atoms with E-state index in [-0.39, 0.29) is 0 Å². The maximum Gasteiger partial charge on any atom is 0.0153 e. The summed E-state index contributed by atoms with van der Waals surface area (Å²) in [5.41, 5.74) is 0. The Morgan fingerprint density at radius 1 is 1.80 bits per heavy atom. The van der Waals surface area contributed by atoms with Crippen LogP contribution in [0.15, 0.2) is 4.91 Å². The summed E-state index contributed by atoms with van der Waals surface area (Å²) in [6.07, 6.45) is 2.76. The Kier molecular flexibility index (Phi) is 2.19. The Hall–Kier alpha value is -0.0400. The van der Waals surface area contributed by atoms with Crippen molar-refractivity contribution in [1.29, 1.82) is 0 Å². The van der Waals surface area contributed by atoms with Gasteiger partial charge in [-0.1, -0.05) is 12.6 Å². The summed E-state index contributed by atoms with van der Waals surface area (Å²) < 4.78 is 0. The smallest absolute Gasteiger partial charge is 0.0153 e. The summed E-state index contributed by atoms with van der Waals surface area (Å²) >= 11 is 4.59. The van der Waals surface area contributed by atoms with Crippen LogP contribution < -0.4 is 0 Å². The van der Waals surface area contributed by atoms with Crippen LogP contribution in [0.5, 0.6) is 0 Å². The van der Waals surface area contributed by atoms with Crippen molar-refractivity contribution >= 4 is 12.6 Å². The molecule has 2 radical (unpaired) electrons. The molecule has 5 heavy (non-hydrogen) atoms. The SMILES string of the molecule is C/[C]=C(/C)[S]. The number of rotatable bonds is 0. The lowest BCUT2D eigenvalue weighted by Gasteiger charge is -1.69. The first-order valence-corrected chi connectivity index (χ1v) is 1.86. The molecule has 0 saturated carbocycles. The van der Waals surface area contributed by atoms with E-state index in [1.807, 2.05) is 13.8 Å². The highest BCUT2D eigenvalue weighted by Gasteiger charge is 1.65. The molecule has 0 bridgehead atoms. The van der Waals surface area contributed by atoms with Gasteiger partial charge in [0, 0.05) is 4.91 Å². The van der Waals surface area contributed by atoms with E-state index >= 15 is 0 Å². The lowest BCUT2D eigenvalue weighted by Crippen LogP contribution is -1.47. The fourth-order valence-corrected chi connectivity index (χ4v) is 0. The molecule has 0 rings (SSSR count). The van der Waals surface area contributed by atoms with Crippen molar-refractivity contribution in [3.8, 4) is 0 Å². The molecule has 0 aliphatic rings. The van der Waals surface area contributed by atoms with Gasteiger partial charge in [0.15, 0.2) is 0 Å². The Balaban J connectivity index is 3.14. The molecular formula is C4H6S. The molecule has 0 saturated heterocycles. The summed E-state index contributed by atoms with van der Waals surface area (Å²) in [7, 11) is 0. The first-order chi connectivity index (χ1) is 2.27. The Morgan fingerprint density at radius 3 is 2.00 bits per heavy atom. The van der Waals surface area contributed by atoms with Gasteiger partial charge >= 0.3 is 0 Å². The minimum Gasteiger partial charge on any atom is -0.0849 e. The molecule has 1 heteroatoms. The topological polar surface area (TPSA) is 0 Å². The molecule has 0 aromatic carbocycles. The lowest BCUT2D eigenvalue weighted by atomic mass is 10.6. The molecule has 0 aliphatic carbocycles. The minimum absolute atomic E-state index is 0.838. The van der Waals surface area contributed by atoms with Crippen LogP contribution in [0.1, 0.15) is 13.8 Å². The fraction of sp³-hybridized carbons (Fsp3) is 0.500. The third-order valence-corrected chi connectivity index (χ3v) is 0.556. The second-order valence-electron chi connectivity index (χ2n) is 0.806. The first kappa shape index (κ1) is 4.96. The van der Waals surface area contributed by atoms with Crippen molar-refractivity contribution < 1.29 is 0 Å². The van der Waals surface area contributed by atoms with Gasteiger partial charge in [0.05, 0.1) is 0 Å². The molecule has 0 spiro atoms. The van der Waals surface area contributed by atoms with Crippen molar-refractivity contribution in [1.82, 2.24) is 0 Å². The van der Waals surface area contributed by atoms with E-state index in [2.05, 4.69) is 18.7 Å². The molecule has 28 valence electrons. The van der Waals surface area contributed by atoms with Crippen LogP contribution in [-0.4, -0.2) is 0 Å². The first-order valence-electron chi connectivity index (χ1n) is 1.45. The fourth-order valence-electron chi connectivity index (χ4n) is 0. The highest BCUT2D eigenvalue weighted by molar-refractivity contribution is 7.84. The molecule has 0 nitrogen and oxygen atoms in total. The van der Waals surface area contributed by atoms with E-state index in [0.717, 1.165) is 4.91 Å². The molecule has 0 aliphatic heterocycles. The van der Waals surface area contributed by atoms with Crippen molar-refractivity contribution in [3.05, 3.63) is 11.0 Å². The average Bonchev–Trinajstić information content (AvgIpc) is 1.38. The Labute approximate surface area is 38.3 Å². The van der Waals surface area contributed by atoms with E-state index in [0.29, 0.717) is 0 Å². The van der Waals surface area contributed by atoms with E-state index in [1.54, 1.807) is 0 Å². The maximum atomic E-state index is 4.59. The summed E-state index contributed by atoms with van der Waals surface area (Å²) in [6, 6.07) is 0. The molecule has 0 aromatic heterocycles. The van der Waals surface area contributed by atoms with Crippen molar-refractivity contribution in [3.63, 3.8) is 0 Å². The molecule has 0 unspecified atom stereocenters. The van der Waals surface area contributed by atoms with Crippen LogP contribution in [0.25, 0.3) is 0 Å². The quantitative estimate of drug-likeness (QED) is 0.422. The molecular weight excluding hydrogens is 80.1 g/mol. The van der Waals surface area contributed by atoms with E-state index in [1.165, 1.54) is 0 Å². The lowest BCUT2D eigenvalue weighted by molar-refractivity contribution is 1.54. The van der Waals surface area contributed by atoms with Crippen LogP contribution in [0.3, 0.4) is 0 Å². The monoisotopic (exact) mass is 86.0 g/mol. The zero-order valence-electron chi connectivity index (χ0n) is 3.41. The molecule has 0 atom stereocenters. The van der Waals surface area contributed by atoms with Gasteiger partial charge in [-0.05, 0) is 19.9 Å². The standard InChI is InChI=1S/C4H6S/c1-3-4(2)5/h1-2H3. The van der Waals surface area contributed by atoms with Gasteiger partial charge in [-0.2, -0.15) is 0 Å². The second-order valence-corrected chi connectivity index (χ2v) is 1.42. The number of hydrogen-bond acceptors (Lipinski definition) is 0. The van der Waals surface area contributed by atoms with Gasteiger partial charge in [0.1, 0.15) is 0 Å². The normalized spacial score (nSPS) is 12.0. The third-order valence-electron chi connectivity index (χ3n) is 0.352. The highest BCUT2D eigenvalue weighted by atomic mass is 32.1. The second kappa shape index (κ2) is 2.21. The van der Waals surface area contributed by atoms with Crippen LogP contribution in [0.2, 0.25) is 0 Å². The zero-order chi connectivity index (χ0) is 4.28. The zero-order valence-corrected chi connectivity index (χ0v) is 4.22. The number of hydrogen-bond donors (Lipinski definition) is 0. The van der Waals surface area contributed by atoms with Gasteiger partial charge in [-0.15, -0.1) is 0 Å². The minimum atomic E-state index is 0.838. The van der Waals surface area contributed by atoms with Gasteiger partial charge in [0.2, 0.25) is 0 Å². The third kappa shape index (κ3) is 3.96. The van der Waals surface area contributed by atoms with Crippen molar-refractivity contribution in [2.24, 2.45) is 0 Å². The summed E-state index contributed by atoms with van der Waals surface area (Å²) in [6.45, 7) is 3.65. The largest absolute Gasteiger partial charge is 0.0849 e. The highest BCUT2D eigenvalue weighted by Crippen LogP contribution is 1.91. The predicted molar refractivity (Wildman–Crippen MR) is 25.7 cm³/mol. The van der Waals surface area contributed by atoms with Crippen LogP contribution >= 0.6 is 12.6 Å². The molecule has 0 heterocycles. The van der Waals surface area contributed by atoms with Gasteiger partial charge in [-0.3, -0.25) is 0 Å². The molecule has 0 fully saturated rings. The van der Waals surface area contributed by atoms with Crippen molar-refractivity contribution in [2.75, 3.05) is 0 Å². The van der Waals surface area contributed by atoms with Crippen LogP contribution in [-0.2, 0) is 0 Å². The van der Waals surface area contributed by atoms with Gasteiger partial charge < -0.3 is 0 Å². The van der Waals surface area contributed by atoms with E-state index in [4.69, 9.17) is 0 Å². The predicted octanol–water partition coefficient (Wildman–Crippen LogP) is 1.91. The summed E-state index contributed by atoms with van der Waals surface area (Å²) in [5.74, 6) is 0. The molecule has 0 aromatic rings.